The van der Waals surface area contributed by atoms with Crippen molar-refractivity contribution in [3.8, 4) is 0 Å². The molecule has 0 unspecified atom stereocenters. The molecule has 1 fully saturated rings. The molecule has 1 aliphatic carbocycles. The molecule has 0 saturated heterocycles. The SMILES string of the molecule is CCN(CC(=O)O)C1CC(NC(=O)Nc2ccc(SC(F)F)cc2)C1. The van der Waals surface area contributed by atoms with Gasteiger partial charge >= 0.3 is 12.0 Å². The Balaban J connectivity index is 1.74. The number of nitrogens with zero attached hydrogens (tertiary/aromatic N) is 1. The van der Waals surface area contributed by atoms with E-state index in [1.54, 1.807) is 12.1 Å². The van der Waals surface area contributed by atoms with Crippen molar-refractivity contribution in [2.24, 2.45) is 0 Å². The largest absolute Gasteiger partial charge is 0.480 e. The van der Waals surface area contributed by atoms with Gasteiger partial charge in [0.1, 0.15) is 0 Å². The van der Waals surface area contributed by atoms with E-state index in [1.165, 1.54) is 12.1 Å². The van der Waals surface area contributed by atoms with Crippen molar-refractivity contribution in [2.75, 3.05) is 18.4 Å². The summed E-state index contributed by atoms with van der Waals surface area (Å²) >= 11 is 0.450. The lowest BCUT2D eigenvalue weighted by Gasteiger charge is -2.42. The standard InChI is InChI=1S/C16H21F2N3O3S/c1-2-21(9-14(22)23)12-7-11(8-12)20-16(24)19-10-3-5-13(6-4-10)25-15(17)18/h3-6,11-12,15H,2,7-9H2,1H3,(H,22,23)(H2,19,20,24). The molecule has 0 atom stereocenters. The first-order chi connectivity index (χ1) is 11.9. The minimum Gasteiger partial charge on any atom is -0.480 e. The van der Waals surface area contributed by atoms with Crippen LogP contribution in [-0.2, 0) is 4.79 Å². The highest BCUT2D eigenvalue weighted by molar-refractivity contribution is 7.99. The maximum atomic E-state index is 12.3. The van der Waals surface area contributed by atoms with Crippen LogP contribution in [0.5, 0.6) is 0 Å². The van der Waals surface area contributed by atoms with Gasteiger partial charge in [0.25, 0.3) is 5.76 Å². The van der Waals surface area contributed by atoms with E-state index >= 15 is 0 Å². The van der Waals surface area contributed by atoms with E-state index in [-0.39, 0.29) is 24.7 Å². The fourth-order valence-corrected chi connectivity index (χ4v) is 3.25. The fraction of sp³-hybridized carbons (Fsp3) is 0.500. The first kappa shape index (κ1) is 19.5. The van der Waals surface area contributed by atoms with E-state index in [4.69, 9.17) is 5.11 Å². The number of nitrogens with one attached hydrogen (secondary N) is 2. The summed E-state index contributed by atoms with van der Waals surface area (Å²) in [4.78, 5) is 25.0. The molecular weight excluding hydrogens is 352 g/mol. The summed E-state index contributed by atoms with van der Waals surface area (Å²) in [5.41, 5.74) is 0.521. The lowest BCUT2D eigenvalue weighted by Crippen LogP contribution is -2.55. The minimum atomic E-state index is -2.47. The molecule has 138 valence electrons. The number of hydrogen-bond acceptors (Lipinski definition) is 4. The summed E-state index contributed by atoms with van der Waals surface area (Å²) in [6, 6.07) is 5.99. The number of amides is 2. The third-order valence-corrected chi connectivity index (χ3v) is 4.77. The highest BCUT2D eigenvalue weighted by Crippen LogP contribution is 2.27. The molecule has 0 spiro atoms. The van der Waals surface area contributed by atoms with Crippen molar-refractivity contribution in [2.45, 2.75) is 42.5 Å². The Labute approximate surface area is 149 Å². The molecule has 1 aromatic rings. The number of carboxylic acid groups (broad SMARTS) is 1. The topological polar surface area (TPSA) is 81.7 Å². The lowest BCUT2D eigenvalue weighted by molar-refractivity contribution is -0.139. The number of benzene rings is 1. The Bertz CT molecular complexity index is 595. The van der Waals surface area contributed by atoms with Crippen molar-refractivity contribution < 1.29 is 23.5 Å². The molecular formula is C16H21F2N3O3S. The maximum absolute atomic E-state index is 12.3. The van der Waals surface area contributed by atoms with Crippen LogP contribution in [0.2, 0.25) is 0 Å². The number of rotatable bonds is 8. The van der Waals surface area contributed by atoms with Crippen molar-refractivity contribution in [1.82, 2.24) is 10.2 Å². The Morgan fingerprint density at radius 3 is 2.48 bits per heavy atom. The van der Waals surface area contributed by atoms with Crippen LogP contribution in [0.15, 0.2) is 29.2 Å². The van der Waals surface area contributed by atoms with Crippen LogP contribution < -0.4 is 10.6 Å². The second kappa shape index (κ2) is 9.00. The number of anilines is 1. The van der Waals surface area contributed by atoms with Gasteiger partial charge in [-0.25, -0.2) is 4.79 Å². The molecule has 2 rings (SSSR count). The summed E-state index contributed by atoms with van der Waals surface area (Å²) in [6.07, 6.45) is 1.41. The van der Waals surface area contributed by atoms with Crippen molar-refractivity contribution >= 4 is 29.4 Å². The molecule has 0 aromatic heterocycles. The first-order valence-corrected chi connectivity index (χ1v) is 8.83. The van der Waals surface area contributed by atoms with E-state index in [0.717, 1.165) is 0 Å². The molecule has 0 bridgehead atoms. The summed E-state index contributed by atoms with van der Waals surface area (Å²) in [6.45, 7) is 2.56. The van der Waals surface area contributed by atoms with Crippen LogP contribution in [-0.4, -0.2) is 52.9 Å². The van der Waals surface area contributed by atoms with E-state index < -0.39 is 11.7 Å². The van der Waals surface area contributed by atoms with E-state index in [9.17, 15) is 18.4 Å². The third-order valence-electron chi connectivity index (χ3n) is 4.05. The molecule has 0 heterocycles. The summed E-state index contributed by atoms with van der Waals surface area (Å²) < 4.78 is 24.5. The van der Waals surface area contributed by atoms with E-state index in [0.29, 0.717) is 41.7 Å². The number of alkyl halides is 2. The zero-order valence-corrected chi connectivity index (χ0v) is 14.6. The van der Waals surface area contributed by atoms with Crippen LogP contribution in [0.3, 0.4) is 0 Å². The Morgan fingerprint density at radius 1 is 1.32 bits per heavy atom. The number of halogens is 2. The second-order valence-corrected chi connectivity index (χ2v) is 6.84. The molecule has 1 aromatic carbocycles. The minimum absolute atomic E-state index is 0.00140. The number of hydrogen-bond donors (Lipinski definition) is 3. The van der Waals surface area contributed by atoms with Gasteiger partial charge in [-0.1, -0.05) is 18.7 Å². The molecule has 25 heavy (non-hydrogen) atoms. The predicted molar refractivity (Wildman–Crippen MR) is 92.2 cm³/mol. The number of carboxylic acids is 1. The highest BCUT2D eigenvalue weighted by Gasteiger charge is 2.34. The highest BCUT2D eigenvalue weighted by atomic mass is 32.2. The van der Waals surface area contributed by atoms with Crippen LogP contribution >= 0.6 is 11.8 Å². The van der Waals surface area contributed by atoms with Crippen LogP contribution in [0.1, 0.15) is 19.8 Å². The van der Waals surface area contributed by atoms with Crippen LogP contribution in [0.4, 0.5) is 19.3 Å². The van der Waals surface area contributed by atoms with E-state index in [1.807, 2.05) is 11.8 Å². The number of urea groups is 1. The number of thioether (sulfide) groups is 1. The Hall–Kier alpha value is -1.87. The number of likely N-dealkylation sites (N-methyl/N-ethyl adjacent to an activating group) is 1. The van der Waals surface area contributed by atoms with Gasteiger partial charge in [-0.2, -0.15) is 8.78 Å². The van der Waals surface area contributed by atoms with Gasteiger partial charge in [0.2, 0.25) is 0 Å². The molecule has 1 saturated carbocycles. The summed E-state index contributed by atoms with van der Waals surface area (Å²) in [5.74, 6) is -3.33. The van der Waals surface area contributed by atoms with Gasteiger partial charge in [0, 0.05) is 22.7 Å². The van der Waals surface area contributed by atoms with E-state index in [2.05, 4.69) is 10.6 Å². The zero-order valence-electron chi connectivity index (χ0n) is 13.7. The second-order valence-electron chi connectivity index (χ2n) is 5.78. The normalized spacial score (nSPS) is 19.6. The number of carbonyl (C=O) groups excluding carboxylic acids is 1. The molecule has 3 N–H and O–H groups in total. The summed E-state index contributed by atoms with van der Waals surface area (Å²) in [7, 11) is 0. The molecule has 6 nitrogen and oxygen atoms in total. The lowest BCUT2D eigenvalue weighted by atomic mass is 9.85. The average Bonchev–Trinajstić information content (AvgIpc) is 2.49. The fourth-order valence-electron chi connectivity index (χ4n) is 2.75. The molecule has 0 aliphatic heterocycles. The number of carbonyl (C=O) groups is 2. The van der Waals surface area contributed by atoms with Crippen LogP contribution in [0.25, 0.3) is 0 Å². The maximum Gasteiger partial charge on any atom is 0.319 e. The smallest absolute Gasteiger partial charge is 0.319 e. The third kappa shape index (κ3) is 6.17. The van der Waals surface area contributed by atoms with Gasteiger partial charge in [0.15, 0.2) is 0 Å². The summed E-state index contributed by atoms with van der Waals surface area (Å²) in [5, 5.41) is 14.3. The van der Waals surface area contributed by atoms with Gasteiger partial charge in [-0.15, -0.1) is 0 Å². The number of aliphatic carboxylic acids is 1. The average molecular weight is 373 g/mol. The molecule has 1 aliphatic rings. The quantitative estimate of drug-likeness (QED) is 0.610. The van der Waals surface area contributed by atoms with Crippen LogP contribution in [0, 0.1) is 0 Å². The van der Waals surface area contributed by atoms with Crippen molar-refractivity contribution in [1.29, 1.82) is 0 Å². The molecule has 2 amide bonds. The molecule has 0 radical (unpaired) electrons. The molecule has 9 heteroatoms. The van der Waals surface area contributed by atoms with Gasteiger partial charge in [-0.05, 0) is 43.7 Å². The monoisotopic (exact) mass is 373 g/mol. The zero-order chi connectivity index (χ0) is 18.4. The Kier molecular flexibility index (Phi) is 7.01. The van der Waals surface area contributed by atoms with Gasteiger partial charge in [0.05, 0.1) is 6.54 Å². The Morgan fingerprint density at radius 2 is 1.96 bits per heavy atom. The predicted octanol–water partition coefficient (Wildman–Crippen LogP) is 3.06. The van der Waals surface area contributed by atoms with Crippen molar-refractivity contribution in [3.63, 3.8) is 0 Å². The van der Waals surface area contributed by atoms with Crippen molar-refractivity contribution in [3.05, 3.63) is 24.3 Å². The van der Waals surface area contributed by atoms with Gasteiger partial charge < -0.3 is 15.7 Å². The van der Waals surface area contributed by atoms with Gasteiger partial charge in [-0.3, -0.25) is 9.69 Å². The first-order valence-electron chi connectivity index (χ1n) is 7.95.